The Labute approximate surface area is 179 Å². The number of amides is 1. The first-order chi connectivity index (χ1) is 14.5. The maximum atomic E-state index is 13.1. The van der Waals surface area contributed by atoms with Crippen molar-refractivity contribution >= 4 is 21.6 Å². The van der Waals surface area contributed by atoms with E-state index < -0.39 is 33.6 Å². The average molecular weight is 456 g/mol. The zero-order valence-electron chi connectivity index (χ0n) is 17.1. The van der Waals surface area contributed by atoms with Crippen LogP contribution in [0.5, 0.6) is 5.75 Å². The average Bonchev–Trinajstić information content (AvgIpc) is 2.73. The summed E-state index contributed by atoms with van der Waals surface area (Å²) in [6, 6.07) is 9.31. The number of carbonyl (C=O) groups is 1. The van der Waals surface area contributed by atoms with Gasteiger partial charge in [0.2, 0.25) is 15.9 Å². The standard InChI is InChI=1S/C21H23F3N2O4S/c1-14-6-7-18(30-2)19(12-14)31(28,29)26-10-8-15(9-11-26)20(27)25-17-5-3-4-16(13-17)21(22,23)24/h3-7,12-13,15H,8-11H2,1-2H3,(H,25,27). The summed E-state index contributed by atoms with van der Waals surface area (Å²) in [6.07, 6.45) is -3.98. The van der Waals surface area contributed by atoms with Gasteiger partial charge in [-0.05, 0) is 55.7 Å². The second-order valence-corrected chi connectivity index (χ2v) is 9.31. The van der Waals surface area contributed by atoms with Gasteiger partial charge in [-0.1, -0.05) is 12.1 Å². The highest BCUT2D eigenvalue weighted by atomic mass is 32.2. The van der Waals surface area contributed by atoms with Crippen molar-refractivity contribution in [2.24, 2.45) is 5.92 Å². The number of piperidine rings is 1. The fourth-order valence-corrected chi connectivity index (χ4v) is 5.21. The van der Waals surface area contributed by atoms with Gasteiger partial charge >= 0.3 is 6.18 Å². The third kappa shape index (κ3) is 5.19. The van der Waals surface area contributed by atoms with Gasteiger partial charge in [0.05, 0.1) is 12.7 Å². The highest BCUT2D eigenvalue weighted by Crippen LogP contribution is 2.32. The number of methoxy groups -OCH3 is 1. The Kier molecular flexibility index (Phi) is 6.61. The normalized spacial score (nSPS) is 16.2. The van der Waals surface area contributed by atoms with Crippen LogP contribution in [-0.4, -0.2) is 38.8 Å². The van der Waals surface area contributed by atoms with Crippen molar-refractivity contribution in [2.45, 2.75) is 30.8 Å². The third-order valence-electron chi connectivity index (χ3n) is 5.22. The fourth-order valence-electron chi connectivity index (χ4n) is 3.50. The van der Waals surface area contributed by atoms with Crippen molar-refractivity contribution in [3.05, 3.63) is 53.6 Å². The molecular weight excluding hydrogens is 433 g/mol. The number of rotatable bonds is 5. The summed E-state index contributed by atoms with van der Waals surface area (Å²) in [5.41, 5.74) is -0.0209. The number of ether oxygens (including phenoxy) is 1. The lowest BCUT2D eigenvalue weighted by molar-refractivity contribution is -0.137. The van der Waals surface area contributed by atoms with E-state index in [2.05, 4.69) is 5.32 Å². The topological polar surface area (TPSA) is 75.7 Å². The largest absolute Gasteiger partial charge is 0.495 e. The van der Waals surface area contributed by atoms with E-state index in [9.17, 15) is 26.4 Å². The van der Waals surface area contributed by atoms with Gasteiger partial charge < -0.3 is 10.1 Å². The number of aryl methyl sites for hydroxylation is 1. The summed E-state index contributed by atoms with van der Waals surface area (Å²) in [7, 11) is -2.41. The summed E-state index contributed by atoms with van der Waals surface area (Å²) in [6.45, 7) is 2.03. The Morgan fingerprint density at radius 1 is 1.13 bits per heavy atom. The van der Waals surface area contributed by atoms with Crippen molar-refractivity contribution in [3.63, 3.8) is 0 Å². The van der Waals surface area contributed by atoms with Crippen LogP contribution >= 0.6 is 0 Å². The number of hydrogen-bond donors (Lipinski definition) is 1. The molecule has 0 aromatic heterocycles. The van der Waals surface area contributed by atoms with E-state index in [0.717, 1.165) is 17.7 Å². The minimum atomic E-state index is -4.50. The van der Waals surface area contributed by atoms with Crippen molar-refractivity contribution in [3.8, 4) is 5.75 Å². The molecule has 0 aliphatic carbocycles. The van der Waals surface area contributed by atoms with Crippen molar-refractivity contribution < 1.29 is 31.1 Å². The smallest absolute Gasteiger partial charge is 0.416 e. The van der Waals surface area contributed by atoms with Crippen molar-refractivity contribution in [1.82, 2.24) is 4.31 Å². The molecule has 6 nitrogen and oxygen atoms in total. The Hall–Kier alpha value is -2.59. The maximum absolute atomic E-state index is 13.1. The number of alkyl halides is 3. The van der Waals surface area contributed by atoms with Gasteiger partial charge in [-0.15, -0.1) is 0 Å². The first kappa shape index (κ1) is 23.1. The lowest BCUT2D eigenvalue weighted by atomic mass is 9.97. The molecule has 1 heterocycles. The molecule has 1 saturated heterocycles. The molecule has 0 unspecified atom stereocenters. The third-order valence-corrected chi connectivity index (χ3v) is 7.14. The molecule has 2 aromatic rings. The molecule has 1 amide bonds. The van der Waals surface area contributed by atoms with E-state index in [1.165, 1.54) is 23.5 Å². The molecule has 0 atom stereocenters. The van der Waals surface area contributed by atoms with Gasteiger partial charge in [0.25, 0.3) is 0 Å². The van der Waals surface area contributed by atoms with Crippen LogP contribution in [0, 0.1) is 12.8 Å². The first-order valence-electron chi connectivity index (χ1n) is 9.65. The number of nitrogens with one attached hydrogen (secondary N) is 1. The lowest BCUT2D eigenvalue weighted by Gasteiger charge is -2.31. The number of hydrogen-bond acceptors (Lipinski definition) is 4. The second-order valence-electron chi connectivity index (χ2n) is 7.40. The number of sulfonamides is 1. The number of nitrogens with zero attached hydrogens (tertiary/aromatic N) is 1. The van der Waals surface area contributed by atoms with E-state index in [0.29, 0.717) is 0 Å². The van der Waals surface area contributed by atoms with E-state index in [4.69, 9.17) is 4.74 Å². The van der Waals surface area contributed by atoms with Crippen molar-refractivity contribution in [1.29, 1.82) is 0 Å². The predicted octanol–water partition coefficient (Wildman–Crippen LogP) is 4.06. The van der Waals surface area contributed by atoms with E-state index in [1.807, 2.05) is 0 Å². The quantitative estimate of drug-likeness (QED) is 0.736. The summed E-state index contributed by atoms with van der Waals surface area (Å²) in [5.74, 6) is -0.681. The predicted molar refractivity (Wildman–Crippen MR) is 109 cm³/mol. The van der Waals surface area contributed by atoms with E-state index in [1.54, 1.807) is 25.1 Å². The van der Waals surface area contributed by atoms with Gasteiger partial charge in [-0.2, -0.15) is 17.5 Å². The summed E-state index contributed by atoms with van der Waals surface area (Å²) >= 11 is 0. The molecular formula is C21H23F3N2O4S. The zero-order chi connectivity index (χ0) is 22.8. The summed E-state index contributed by atoms with van der Waals surface area (Å²) in [5, 5.41) is 2.51. The molecule has 3 rings (SSSR count). The van der Waals surface area contributed by atoms with Crippen LogP contribution in [0.25, 0.3) is 0 Å². The Bertz CT molecular complexity index is 1060. The Morgan fingerprint density at radius 3 is 2.42 bits per heavy atom. The molecule has 1 N–H and O–H groups in total. The number of carbonyl (C=O) groups excluding carboxylic acids is 1. The SMILES string of the molecule is COc1ccc(C)cc1S(=O)(=O)N1CCC(C(=O)Nc2cccc(C(F)(F)F)c2)CC1. The highest BCUT2D eigenvalue weighted by Gasteiger charge is 2.34. The van der Waals surface area contributed by atoms with Crippen LogP contribution in [0.3, 0.4) is 0 Å². The van der Waals surface area contributed by atoms with Gasteiger partial charge in [0.15, 0.2) is 0 Å². The van der Waals surface area contributed by atoms with Crippen LogP contribution in [0.4, 0.5) is 18.9 Å². The van der Waals surface area contributed by atoms with Crippen LogP contribution in [-0.2, 0) is 21.0 Å². The molecule has 1 aliphatic heterocycles. The summed E-state index contributed by atoms with van der Waals surface area (Å²) < 4.78 is 71.2. The molecule has 31 heavy (non-hydrogen) atoms. The lowest BCUT2D eigenvalue weighted by Crippen LogP contribution is -2.41. The van der Waals surface area contributed by atoms with Crippen LogP contribution < -0.4 is 10.1 Å². The molecule has 0 spiro atoms. The zero-order valence-corrected chi connectivity index (χ0v) is 17.9. The second kappa shape index (κ2) is 8.88. The van der Waals surface area contributed by atoms with E-state index >= 15 is 0 Å². The van der Waals surface area contributed by atoms with Crippen molar-refractivity contribution in [2.75, 3.05) is 25.5 Å². The molecule has 0 saturated carbocycles. The molecule has 0 radical (unpaired) electrons. The number of benzene rings is 2. The number of anilines is 1. The Morgan fingerprint density at radius 2 is 1.81 bits per heavy atom. The Balaban J connectivity index is 1.67. The molecule has 10 heteroatoms. The monoisotopic (exact) mass is 456 g/mol. The molecule has 168 valence electrons. The highest BCUT2D eigenvalue weighted by molar-refractivity contribution is 7.89. The molecule has 2 aromatic carbocycles. The van der Waals surface area contributed by atoms with Gasteiger partial charge in [-0.25, -0.2) is 8.42 Å². The number of halogens is 3. The van der Waals surface area contributed by atoms with Crippen LogP contribution in [0.15, 0.2) is 47.4 Å². The molecule has 1 fully saturated rings. The fraction of sp³-hybridized carbons (Fsp3) is 0.381. The van der Waals surface area contributed by atoms with Crippen LogP contribution in [0.1, 0.15) is 24.0 Å². The van der Waals surface area contributed by atoms with E-state index in [-0.39, 0.29) is 42.3 Å². The minimum Gasteiger partial charge on any atom is -0.495 e. The minimum absolute atomic E-state index is 0.0550. The summed E-state index contributed by atoms with van der Waals surface area (Å²) in [4.78, 5) is 12.6. The van der Waals surface area contributed by atoms with Gasteiger partial charge in [0, 0.05) is 24.7 Å². The maximum Gasteiger partial charge on any atom is 0.416 e. The van der Waals surface area contributed by atoms with Gasteiger partial charge in [-0.3, -0.25) is 4.79 Å². The first-order valence-corrected chi connectivity index (χ1v) is 11.1. The van der Waals surface area contributed by atoms with Gasteiger partial charge in [0.1, 0.15) is 10.6 Å². The van der Waals surface area contributed by atoms with Crippen LogP contribution in [0.2, 0.25) is 0 Å². The molecule has 1 aliphatic rings. The molecule has 0 bridgehead atoms.